The lowest BCUT2D eigenvalue weighted by atomic mass is 9.97. The van der Waals surface area contributed by atoms with Gasteiger partial charge in [0.2, 0.25) is 0 Å². The number of imidazole rings is 1. The first-order valence-electron chi connectivity index (χ1n) is 12.7. The molecule has 35 heavy (non-hydrogen) atoms. The van der Waals surface area contributed by atoms with E-state index in [1.54, 1.807) is 0 Å². The van der Waals surface area contributed by atoms with Crippen molar-refractivity contribution in [3.63, 3.8) is 0 Å². The molecule has 3 heteroatoms. The average Bonchev–Trinajstić information content (AvgIpc) is 3.51. The summed E-state index contributed by atoms with van der Waals surface area (Å²) in [5.74, 6) is 1.03. The molecule has 0 aliphatic heterocycles. The van der Waals surface area contributed by atoms with Crippen LogP contribution >= 0.6 is 0 Å². The van der Waals surface area contributed by atoms with E-state index >= 15 is 0 Å². The third kappa shape index (κ3) is 3.77. The van der Waals surface area contributed by atoms with E-state index in [0.717, 1.165) is 46.2 Å². The van der Waals surface area contributed by atoms with E-state index < -0.39 is 0 Å². The van der Waals surface area contributed by atoms with Gasteiger partial charge in [0.15, 0.2) is 0 Å². The van der Waals surface area contributed by atoms with Gasteiger partial charge < -0.3 is 0 Å². The van der Waals surface area contributed by atoms with Gasteiger partial charge in [0, 0.05) is 11.8 Å². The van der Waals surface area contributed by atoms with Crippen LogP contribution in [0.4, 0.5) is 0 Å². The first kappa shape index (κ1) is 22.8. The number of hydrogen-bond acceptors (Lipinski definition) is 2. The summed E-state index contributed by atoms with van der Waals surface area (Å²) in [6.45, 7) is 8.00. The molecule has 0 saturated carbocycles. The third-order valence-corrected chi connectivity index (χ3v) is 6.47. The Kier molecular flexibility index (Phi) is 6.33. The zero-order valence-corrected chi connectivity index (χ0v) is 20.9. The number of nitrogens with zero attached hydrogens (tertiary/aromatic N) is 3. The van der Waals surface area contributed by atoms with Gasteiger partial charge in [0.1, 0.15) is 11.5 Å². The van der Waals surface area contributed by atoms with Gasteiger partial charge in [0.05, 0.1) is 16.6 Å². The highest BCUT2D eigenvalue weighted by atomic mass is 15.1. The van der Waals surface area contributed by atoms with E-state index in [9.17, 15) is 0 Å². The molecule has 174 valence electrons. The summed E-state index contributed by atoms with van der Waals surface area (Å²) in [5, 5.41) is 1.09. The first-order chi connectivity index (χ1) is 17.4. The molecule has 0 atom stereocenters. The van der Waals surface area contributed by atoms with Gasteiger partial charge in [-0.2, -0.15) is 0 Å². The summed E-state index contributed by atoms with van der Waals surface area (Å²) < 4.78 is 2.25. The predicted octanol–water partition coefficient (Wildman–Crippen LogP) is 8.25. The molecular formula is C32H31N3. The van der Waals surface area contributed by atoms with Gasteiger partial charge >= 0.3 is 0 Å². The standard InChI is InChI=1S/C28H19N3.2C2H6/c1-2-11-21-18(8-1)16-19-9-7-10-20(27(19)21)17-26-29-23-13-4-3-12-22(23)28-30-24-14-5-6-15-25(24)31(26)28;2*1-2/h1-15H,16-17H2;2*1-2H3. The topological polar surface area (TPSA) is 30.2 Å². The molecule has 4 aromatic carbocycles. The molecule has 6 aromatic rings. The van der Waals surface area contributed by atoms with Crippen LogP contribution in [0.5, 0.6) is 0 Å². The third-order valence-electron chi connectivity index (χ3n) is 6.47. The SMILES string of the molecule is CC.CC.c1ccc2c(c1)Cc1cccc(Cc3nc4ccccc4c4nc5ccccc5n34)c1-2. The second kappa shape index (κ2) is 9.71. The minimum absolute atomic E-state index is 0.763. The number of fused-ring (bicyclic) bond motifs is 8. The molecule has 0 amide bonds. The van der Waals surface area contributed by atoms with Crippen molar-refractivity contribution in [2.75, 3.05) is 0 Å². The van der Waals surface area contributed by atoms with Gasteiger partial charge in [-0.05, 0) is 58.5 Å². The lowest BCUT2D eigenvalue weighted by Crippen LogP contribution is -2.04. The second-order valence-electron chi connectivity index (χ2n) is 8.27. The van der Waals surface area contributed by atoms with Crippen LogP contribution in [-0.2, 0) is 12.8 Å². The fourth-order valence-corrected chi connectivity index (χ4v) is 5.12. The van der Waals surface area contributed by atoms with Gasteiger partial charge in [0.25, 0.3) is 0 Å². The van der Waals surface area contributed by atoms with Crippen LogP contribution in [0.15, 0.2) is 91.0 Å². The molecule has 0 unspecified atom stereocenters. The van der Waals surface area contributed by atoms with E-state index in [0.29, 0.717) is 0 Å². The summed E-state index contributed by atoms with van der Waals surface area (Å²) in [4.78, 5) is 10.1. The molecule has 0 spiro atoms. The van der Waals surface area contributed by atoms with Crippen molar-refractivity contribution < 1.29 is 0 Å². The van der Waals surface area contributed by atoms with E-state index in [2.05, 4.69) is 89.3 Å². The fraction of sp³-hybridized carbons (Fsp3) is 0.188. The highest BCUT2D eigenvalue weighted by molar-refractivity contribution is 5.96. The maximum absolute atomic E-state index is 5.13. The quantitative estimate of drug-likeness (QED) is 0.262. The second-order valence-corrected chi connectivity index (χ2v) is 8.27. The highest BCUT2D eigenvalue weighted by Gasteiger charge is 2.22. The first-order valence-corrected chi connectivity index (χ1v) is 12.7. The van der Waals surface area contributed by atoms with Crippen LogP contribution < -0.4 is 0 Å². The van der Waals surface area contributed by atoms with Crippen LogP contribution in [-0.4, -0.2) is 14.4 Å². The summed E-state index contributed by atoms with van der Waals surface area (Å²) in [6, 6.07) is 32.1. The number of benzene rings is 4. The highest BCUT2D eigenvalue weighted by Crippen LogP contribution is 2.39. The van der Waals surface area contributed by atoms with Crippen molar-refractivity contribution in [1.29, 1.82) is 0 Å². The van der Waals surface area contributed by atoms with Gasteiger partial charge in [-0.15, -0.1) is 0 Å². The van der Waals surface area contributed by atoms with Crippen molar-refractivity contribution in [2.24, 2.45) is 0 Å². The van der Waals surface area contributed by atoms with Crippen molar-refractivity contribution in [3.05, 3.63) is 114 Å². The number of hydrogen-bond donors (Lipinski definition) is 0. The Hall–Kier alpha value is -3.98. The van der Waals surface area contributed by atoms with E-state index in [-0.39, 0.29) is 0 Å². The van der Waals surface area contributed by atoms with Gasteiger partial charge in [-0.1, -0.05) is 94.4 Å². The Morgan fingerprint density at radius 3 is 2.20 bits per heavy atom. The van der Waals surface area contributed by atoms with Crippen LogP contribution in [0.1, 0.15) is 50.2 Å². The van der Waals surface area contributed by atoms with Crippen LogP contribution in [0.2, 0.25) is 0 Å². The number of aromatic nitrogens is 3. The zero-order valence-electron chi connectivity index (χ0n) is 20.9. The minimum Gasteiger partial charge on any atom is -0.279 e. The Balaban J connectivity index is 0.000000605. The van der Waals surface area contributed by atoms with E-state index in [4.69, 9.17) is 9.97 Å². The van der Waals surface area contributed by atoms with E-state index in [1.165, 1.54) is 27.8 Å². The largest absolute Gasteiger partial charge is 0.279 e. The molecule has 0 bridgehead atoms. The molecule has 0 N–H and O–H groups in total. The molecule has 1 aliphatic rings. The van der Waals surface area contributed by atoms with Crippen LogP contribution in [0, 0.1) is 0 Å². The van der Waals surface area contributed by atoms with Gasteiger partial charge in [-0.25, -0.2) is 9.97 Å². The molecule has 1 aliphatic carbocycles. The number of para-hydroxylation sites is 3. The molecule has 3 nitrogen and oxygen atoms in total. The summed E-state index contributed by atoms with van der Waals surface area (Å²) >= 11 is 0. The Morgan fingerprint density at radius 1 is 0.657 bits per heavy atom. The Morgan fingerprint density at radius 2 is 1.34 bits per heavy atom. The number of rotatable bonds is 2. The monoisotopic (exact) mass is 457 g/mol. The van der Waals surface area contributed by atoms with Crippen LogP contribution in [0.25, 0.3) is 38.7 Å². The lowest BCUT2D eigenvalue weighted by molar-refractivity contribution is 0.958. The summed E-state index contributed by atoms with van der Waals surface area (Å²) in [6.07, 6.45) is 1.77. The normalized spacial score (nSPS) is 11.4. The average molecular weight is 458 g/mol. The zero-order chi connectivity index (χ0) is 24.4. The van der Waals surface area contributed by atoms with Gasteiger partial charge in [-0.3, -0.25) is 4.40 Å². The maximum Gasteiger partial charge on any atom is 0.148 e. The van der Waals surface area contributed by atoms with Crippen molar-refractivity contribution in [3.8, 4) is 11.1 Å². The molecule has 2 aromatic heterocycles. The Labute approximate surface area is 207 Å². The minimum atomic E-state index is 0.763. The summed E-state index contributed by atoms with van der Waals surface area (Å²) in [5.41, 5.74) is 11.0. The molecular weight excluding hydrogens is 426 g/mol. The Bertz CT molecular complexity index is 1640. The smallest absolute Gasteiger partial charge is 0.148 e. The molecule has 7 rings (SSSR count). The van der Waals surface area contributed by atoms with Crippen molar-refractivity contribution in [1.82, 2.24) is 14.4 Å². The lowest BCUT2D eigenvalue weighted by Gasteiger charge is -2.12. The molecule has 2 heterocycles. The van der Waals surface area contributed by atoms with Crippen molar-refractivity contribution in [2.45, 2.75) is 40.5 Å². The van der Waals surface area contributed by atoms with E-state index in [1.807, 2.05) is 33.8 Å². The molecule has 0 radical (unpaired) electrons. The predicted molar refractivity (Wildman–Crippen MR) is 148 cm³/mol. The maximum atomic E-state index is 5.13. The summed E-state index contributed by atoms with van der Waals surface area (Å²) in [7, 11) is 0. The molecule has 0 fully saturated rings. The van der Waals surface area contributed by atoms with Crippen LogP contribution in [0.3, 0.4) is 0 Å². The van der Waals surface area contributed by atoms with Crippen molar-refractivity contribution >= 4 is 27.6 Å². The molecule has 0 saturated heterocycles. The fourth-order valence-electron chi connectivity index (χ4n) is 5.12.